The van der Waals surface area contributed by atoms with Crippen molar-refractivity contribution in [2.75, 3.05) is 12.3 Å². The maximum atomic E-state index is 2.66. The molecule has 0 N–H and O–H groups in total. The van der Waals surface area contributed by atoms with Crippen LogP contribution < -0.4 is 0 Å². The molecule has 0 aliphatic carbocycles. The smallest absolute Gasteiger partial charge is 0.0384 e. The highest BCUT2D eigenvalue weighted by atomic mass is 35.5. The van der Waals surface area contributed by atoms with E-state index >= 15 is 0 Å². The van der Waals surface area contributed by atoms with E-state index in [1.54, 1.807) is 0 Å². The predicted molar refractivity (Wildman–Crippen MR) is 64.2 cm³/mol. The monoisotopic (exact) mass is 224 g/mol. The van der Waals surface area contributed by atoms with E-state index in [0.717, 1.165) is 0 Å². The van der Waals surface area contributed by atoms with Crippen molar-refractivity contribution in [1.82, 2.24) is 0 Å². The summed E-state index contributed by atoms with van der Waals surface area (Å²) in [6, 6.07) is 0. The fraction of sp³-hybridized carbons (Fsp3) is 1.00. The number of rotatable bonds is 2. The van der Waals surface area contributed by atoms with E-state index in [1.165, 1.54) is 25.2 Å². The van der Waals surface area contributed by atoms with Gasteiger partial charge < -0.3 is 0 Å². The highest BCUT2D eigenvalue weighted by molar-refractivity contribution is 7.16. The molecule has 0 aromatic carbocycles. The minimum Gasteiger partial charge on any atom is -0.147 e. The molecule has 2 atom stereocenters. The molecule has 0 bridgehead atoms. The van der Waals surface area contributed by atoms with Gasteiger partial charge in [-0.3, -0.25) is 0 Å². The molecule has 0 radical (unpaired) electrons. The molecule has 0 aromatic rings. The molecule has 0 heterocycles. The average Bonchev–Trinajstić information content (AvgIpc) is 1.88. The van der Waals surface area contributed by atoms with E-state index in [0.29, 0.717) is 0 Å². The lowest BCUT2D eigenvalue weighted by Crippen LogP contribution is -1.54. The van der Waals surface area contributed by atoms with Gasteiger partial charge in [-0.05, 0) is 12.3 Å². The quantitative estimate of drug-likeness (QED) is 0.632. The molecule has 0 saturated heterocycles. The van der Waals surface area contributed by atoms with Gasteiger partial charge in [0.1, 0.15) is 0 Å². The Kier molecular flexibility index (Phi) is 70.8. The van der Waals surface area contributed by atoms with Gasteiger partial charge in [0.25, 0.3) is 0 Å². The van der Waals surface area contributed by atoms with Crippen LogP contribution in [0.1, 0.15) is 26.7 Å². The second kappa shape index (κ2) is 31.4. The zero-order valence-electron chi connectivity index (χ0n) is 6.80. The van der Waals surface area contributed by atoms with Gasteiger partial charge in [0.15, 0.2) is 0 Å². The Morgan fingerprint density at radius 1 is 0.800 bits per heavy atom. The summed E-state index contributed by atoms with van der Waals surface area (Å²) in [7, 11) is 5.31. The lowest BCUT2D eigenvalue weighted by atomic mass is 10.6. The van der Waals surface area contributed by atoms with Crippen molar-refractivity contribution in [1.29, 1.82) is 0 Å². The molecule has 0 nitrogen and oxygen atoms in total. The Hall–Kier alpha value is 1.44. The first kappa shape index (κ1) is 22.5. The Labute approximate surface area is 82.5 Å². The average molecular weight is 225 g/mol. The summed E-state index contributed by atoms with van der Waals surface area (Å²) in [5, 5.41) is 0. The summed E-state index contributed by atoms with van der Waals surface area (Å²) in [5.41, 5.74) is 0. The van der Waals surface area contributed by atoms with Gasteiger partial charge in [0.05, 0.1) is 0 Å². The van der Waals surface area contributed by atoms with Crippen LogP contribution in [0.25, 0.3) is 0 Å². The lowest BCUT2D eigenvalue weighted by Gasteiger charge is -1.68. The van der Waals surface area contributed by atoms with Crippen molar-refractivity contribution >= 4 is 43.3 Å². The van der Waals surface area contributed by atoms with Crippen LogP contribution >= 0.6 is 43.3 Å². The van der Waals surface area contributed by atoms with Crippen molar-refractivity contribution in [2.24, 2.45) is 0 Å². The molecule has 0 amide bonds. The summed E-state index contributed by atoms with van der Waals surface area (Å²) in [6.45, 7) is 4.32. The van der Waals surface area contributed by atoms with Crippen LogP contribution in [0.3, 0.4) is 0 Å². The van der Waals surface area contributed by atoms with Crippen molar-refractivity contribution in [3.63, 3.8) is 0 Å². The third-order valence-corrected chi connectivity index (χ3v) is 1.73. The summed E-state index contributed by atoms with van der Waals surface area (Å²) < 4.78 is 0. The van der Waals surface area contributed by atoms with Crippen LogP contribution in [-0.4, -0.2) is 12.3 Å². The van der Waals surface area contributed by atoms with Gasteiger partial charge >= 0.3 is 0 Å². The molecule has 0 spiro atoms. The van der Waals surface area contributed by atoms with E-state index in [9.17, 15) is 0 Å². The molecular formula is C6H20Cl2P2. The van der Waals surface area contributed by atoms with Crippen LogP contribution in [-0.2, 0) is 0 Å². The normalized spacial score (nSPS) is 6.00. The second-order valence-corrected chi connectivity index (χ2v) is 2.73. The SMILES string of the molecule is CCCP.CCCP.Cl.Cl. The Balaban J connectivity index is -0.0000000300. The third kappa shape index (κ3) is 56.8. The summed E-state index contributed by atoms with van der Waals surface area (Å²) in [5.74, 6) is 0. The molecule has 0 aromatic heterocycles. The third-order valence-electron chi connectivity index (χ3n) is 0.577. The van der Waals surface area contributed by atoms with Gasteiger partial charge in [-0.2, -0.15) is 0 Å². The van der Waals surface area contributed by atoms with E-state index in [4.69, 9.17) is 0 Å². The van der Waals surface area contributed by atoms with E-state index < -0.39 is 0 Å². The van der Waals surface area contributed by atoms with Crippen LogP contribution in [0.15, 0.2) is 0 Å². The first-order valence-corrected chi connectivity index (χ1v) is 4.86. The first-order chi connectivity index (χ1) is 3.83. The number of halogens is 2. The fourth-order valence-corrected chi connectivity index (χ4v) is 0. The molecule has 0 rings (SSSR count). The van der Waals surface area contributed by atoms with Crippen LogP contribution in [0, 0.1) is 0 Å². The zero-order valence-corrected chi connectivity index (χ0v) is 10.7. The number of hydrogen-bond acceptors (Lipinski definition) is 0. The van der Waals surface area contributed by atoms with E-state index in [-0.39, 0.29) is 24.8 Å². The molecule has 10 heavy (non-hydrogen) atoms. The lowest BCUT2D eigenvalue weighted by molar-refractivity contribution is 1.11. The minimum atomic E-state index is 0. The van der Waals surface area contributed by atoms with Gasteiger partial charge in [-0.15, -0.1) is 43.3 Å². The maximum absolute atomic E-state index is 2.66. The molecule has 0 fully saturated rings. The van der Waals surface area contributed by atoms with Crippen molar-refractivity contribution in [2.45, 2.75) is 26.7 Å². The molecule has 68 valence electrons. The van der Waals surface area contributed by atoms with Crippen LogP contribution in [0.5, 0.6) is 0 Å². The zero-order chi connectivity index (χ0) is 6.83. The van der Waals surface area contributed by atoms with Crippen molar-refractivity contribution in [3.8, 4) is 0 Å². The topological polar surface area (TPSA) is 0 Å². The number of hydrogen-bond donors (Lipinski definition) is 0. The molecule has 0 aliphatic rings. The van der Waals surface area contributed by atoms with Gasteiger partial charge in [-0.25, -0.2) is 0 Å². The highest BCUT2D eigenvalue weighted by Crippen LogP contribution is 1.81. The van der Waals surface area contributed by atoms with E-state index in [2.05, 4.69) is 32.3 Å². The molecular weight excluding hydrogens is 205 g/mol. The second-order valence-electron chi connectivity index (χ2n) is 1.58. The summed E-state index contributed by atoms with van der Waals surface area (Å²) >= 11 is 0. The van der Waals surface area contributed by atoms with Gasteiger partial charge in [-0.1, -0.05) is 26.7 Å². The molecule has 4 heteroatoms. The van der Waals surface area contributed by atoms with Crippen molar-refractivity contribution in [3.05, 3.63) is 0 Å². The van der Waals surface area contributed by atoms with Crippen LogP contribution in [0.4, 0.5) is 0 Å². The summed E-state index contributed by atoms with van der Waals surface area (Å²) in [6.07, 6.45) is 5.04. The maximum Gasteiger partial charge on any atom is -0.0384 e. The standard InChI is InChI=1S/2C3H9P.2ClH/c2*1-2-3-4;;/h2*2-4H2,1H3;2*1H. The van der Waals surface area contributed by atoms with Gasteiger partial charge in [0.2, 0.25) is 0 Å². The highest BCUT2D eigenvalue weighted by Gasteiger charge is 1.56. The Morgan fingerprint density at radius 3 is 0.900 bits per heavy atom. The minimum absolute atomic E-state index is 0. The van der Waals surface area contributed by atoms with Gasteiger partial charge in [0, 0.05) is 0 Å². The molecule has 2 unspecified atom stereocenters. The summed E-state index contributed by atoms with van der Waals surface area (Å²) in [4.78, 5) is 0. The largest absolute Gasteiger partial charge is 0.147 e. The van der Waals surface area contributed by atoms with E-state index in [1.807, 2.05) is 0 Å². The first-order valence-electron chi connectivity index (χ1n) is 3.23. The Morgan fingerprint density at radius 2 is 0.900 bits per heavy atom. The van der Waals surface area contributed by atoms with Crippen LogP contribution in [0.2, 0.25) is 0 Å². The predicted octanol–water partition coefficient (Wildman–Crippen LogP) is 3.39. The molecule has 0 aliphatic heterocycles. The van der Waals surface area contributed by atoms with Crippen molar-refractivity contribution < 1.29 is 0 Å². The Bertz CT molecular complexity index is 21.7. The molecule has 0 saturated carbocycles. The fourth-order valence-electron chi connectivity index (χ4n) is 0.